The first-order valence-corrected chi connectivity index (χ1v) is 7.80. The SMILES string of the molecule is CCCCCN(CCCCC)C(=O)C(=[N+]=[N-])C(=O)OCC. The molecule has 6 nitrogen and oxygen atoms in total. The predicted octanol–water partition coefficient (Wildman–Crippen LogP) is 2.43. The van der Waals surface area contributed by atoms with E-state index < -0.39 is 17.6 Å². The molecule has 0 heterocycles. The summed E-state index contributed by atoms with van der Waals surface area (Å²) in [5.41, 5.74) is 8.39. The standard InChI is InChI=1S/C15H27N3O3/c1-4-7-9-11-18(12-10-8-5-2)14(19)13(17-16)15(20)21-6-3/h4-12H2,1-3H3. The van der Waals surface area contributed by atoms with Gasteiger partial charge in [-0.2, -0.15) is 4.79 Å². The minimum absolute atomic E-state index is 0.136. The number of carbonyl (C=O) groups excluding carboxylic acids is 2. The third kappa shape index (κ3) is 7.61. The van der Waals surface area contributed by atoms with Crippen LogP contribution >= 0.6 is 0 Å². The Morgan fingerprint density at radius 1 is 1.00 bits per heavy atom. The zero-order valence-corrected chi connectivity index (χ0v) is 13.4. The number of amides is 1. The average molecular weight is 297 g/mol. The first-order chi connectivity index (χ1) is 10.1. The molecule has 6 heteroatoms. The molecule has 0 aliphatic rings. The lowest BCUT2D eigenvalue weighted by Crippen LogP contribution is -2.42. The van der Waals surface area contributed by atoms with Crippen LogP contribution in [0.4, 0.5) is 0 Å². The monoisotopic (exact) mass is 297 g/mol. The van der Waals surface area contributed by atoms with Crippen LogP contribution < -0.4 is 0 Å². The molecule has 0 saturated heterocycles. The Morgan fingerprint density at radius 2 is 1.52 bits per heavy atom. The first kappa shape index (κ1) is 19.3. The van der Waals surface area contributed by atoms with Gasteiger partial charge < -0.3 is 15.2 Å². The Balaban J connectivity index is 4.79. The highest BCUT2D eigenvalue weighted by Gasteiger charge is 2.34. The third-order valence-electron chi connectivity index (χ3n) is 3.12. The molecule has 0 atom stereocenters. The number of unbranched alkanes of at least 4 members (excludes halogenated alkanes) is 4. The second kappa shape index (κ2) is 12.1. The van der Waals surface area contributed by atoms with Crippen LogP contribution in [-0.4, -0.2) is 47.0 Å². The molecule has 1 amide bonds. The summed E-state index contributed by atoms with van der Waals surface area (Å²) in [5.74, 6) is -1.43. The van der Waals surface area contributed by atoms with Gasteiger partial charge in [0.25, 0.3) is 0 Å². The molecule has 0 aliphatic carbocycles. The fourth-order valence-corrected chi connectivity index (χ4v) is 1.94. The van der Waals surface area contributed by atoms with Gasteiger partial charge in [0.2, 0.25) is 0 Å². The van der Waals surface area contributed by atoms with Gasteiger partial charge in [-0.3, -0.25) is 4.79 Å². The maximum atomic E-state index is 12.3. The molecule has 0 aromatic carbocycles. The topological polar surface area (TPSA) is 83.0 Å². The van der Waals surface area contributed by atoms with Crippen molar-refractivity contribution in [2.45, 2.75) is 59.3 Å². The summed E-state index contributed by atoms with van der Waals surface area (Å²) in [6.07, 6.45) is 5.88. The highest BCUT2D eigenvalue weighted by molar-refractivity contribution is 6.61. The lowest BCUT2D eigenvalue weighted by Gasteiger charge is -2.20. The fourth-order valence-electron chi connectivity index (χ4n) is 1.94. The van der Waals surface area contributed by atoms with E-state index in [1.165, 1.54) is 0 Å². The van der Waals surface area contributed by atoms with Gasteiger partial charge in [-0.15, -0.1) is 0 Å². The highest BCUT2D eigenvalue weighted by Crippen LogP contribution is 2.04. The van der Waals surface area contributed by atoms with Crippen molar-refractivity contribution in [1.82, 2.24) is 4.90 Å². The van der Waals surface area contributed by atoms with E-state index in [-0.39, 0.29) is 6.61 Å². The Hall–Kier alpha value is -1.68. The van der Waals surface area contributed by atoms with Crippen LogP contribution in [0.3, 0.4) is 0 Å². The third-order valence-corrected chi connectivity index (χ3v) is 3.12. The van der Waals surface area contributed by atoms with Crippen LogP contribution in [0.2, 0.25) is 0 Å². The Labute approximate surface area is 127 Å². The van der Waals surface area contributed by atoms with Crippen molar-refractivity contribution in [2.24, 2.45) is 0 Å². The molecular formula is C15H27N3O3. The second-order valence-electron chi connectivity index (χ2n) is 4.88. The van der Waals surface area contributed by atoms with Crippen LogP contribution in [0.1, 0.15) is 59.3 Å². The highest BCUT2D eigenvalue weighted by atomic mass is 16.5. The zero-order chi connectivity index (χ0) is 16.1. The molecule has 0 bridgehead atoms. The number of esters is 1. The van der Waals surface area contributed by atoms with Crippen LogP contribution in [0.5, 0.6) is 0 Å². The molecule has 0 aromatic rings. The van der Waals surface area contributed by atoms with E-state index in [2.05, 4.69) is 18.6 Å². The number of hydrogen-bond donors (Lipinski definition) is 0. The molecule has 0 N–H and O–H groups in total. The molecule has 0 aromatic heterocycles. The van der Waals surface area contributed by atoms with Crippen LogP contribution in [-0.2, 0) is 14.3 Å². The van der Waals surface area contributed by atoms with Gasteiger partial charge in [0.1, 0.15) is 0 Å². The normalized spacial score (nSPS) is 9.86. The Kier molecular flexibility index (Phi) is 11.1. The number of nitrogens with zero attached hydrogens (tertiary/aromatic N) is 3. The maximum Gasteiger partial charge on any atom is 0.463 e. The van der Waals surface area contributed by atoms with Crippen molar-refractivity contribution in [3.63, 3.8) is 0 Å². The molecule has 0 radical (unpaired) electrons. The summed E-state index contributed by atoms with van der Waals surface area (Å²) in [6, 6.07) is 0. The van der Waals surface area contributed by atoms with E-state index in [4.69, 9.17) is 10.3 Å². The summed E-state index contributed by atoms with van der Waals surface area (Å²) < 4.78 is 4.74. The summed E-state index contributed by atoms with van der Waals surface area (Å²) in [5, 5.41) is 0. The molecule has 120 valence electrons. The van der Waals surface area contributed by atoms with Crippen molar-refractivity contribution in [3.8, 4) is 0 Å². The predicted molar refractivity (Wildman–Crippen MR) is 80.9 cm³/mol. The van der Waals surface area contributed by atoms with Crippen molar-refractivity contribution < 1.29 is 19.1 Å². The van der Waals surface area contributed by atoms with Gasteiger partial charge in [0.05, 0.1) is 6.61 Å². The zero-order valence-electron chi connectivity index (χ0n) is 13.4. The Bertz CT molecular complexity index is 366. The summed E-state index contributed by atoms with van der Waals surface area (Å²) in [4.78, 5) is 28.3. The van der Waals surface area contributed by atoms with Gasteiger partial charge in [0, 0.05) is 13.1 Å². The van der Waals surface area contributed by atoms with Crippen molar-refractivity contribution in [1.29, 1.82) is 0 Å². The lowest BCUT2D eigenvalue weighted by molar-refractivity contribution is -0.144. The average Bonchev–Trinajstić information content (AvgIpc) is 2.47. The first-order valence-electron chi connectivity index (χ1n) is 7.80. The minimum Gasteiger partial charge on any atom is -0.457 e. The molecule has 0 spiro atoms. The molecule has 0 unspecified atom stereocenters. The molecular weight excluding hydrogens is 270 g/mol. The smallest absolute Gasteiger partial charge is 0.457 e. The van der Waals surface area contributed by atoms with Gasteiger partial charge >= 0.3 is 17.6 Å². The second-order valence-corrected chi connectivity index (χ2v) is 4.88. The van der Waals surface area contributed by atoms with E-state index in [1.807, 2.05) is 0 Å². The van der Waals surface area contributed by atoms with E-state index in [1.54, 1.807) is 11.8 Å². The van der Waals surface area contributed by atoms with Gasteiger partial charge in [-0.05, 0) is 19.8 Å². The Morgan fingerprint density at radius 3 is 1.90 bits per heavy atom. The molecule has 0 rings (SSSR count). The molecule has 0 aliphatic heterocycles. The van der Waals surface area contributed by atoms with E-state index in [0.717, 1.165) is 38.5 Å². The molecule has 0 saturated carbocycles. The molecule has 21 heavy (non-hydrogen) atoms. The number of ether oxygens (including phenoxy) is 1. The number of rotatable bonds is 11. The quantitative estimate of drug-likeness (QED) is 0.147. The van der Waals surface area contributed by atoms with Gasteiger partial charge in [-0.25, -0.2) is 4.79 Å². The summed E-state index contributed by atoms with van der Waals surface area (Å²) >= 11 is 0. The van der Waals surface area contributed by atoms with Crippen LogP contribution in [0.25, 0.3) is 5.53 Å². The van der Waals surface area contributed by atoms with Gasteiger partial charge in [-0.1, -0.05) is 39.5 Å². The van der Waals surface area contributed by atoms with Crippen LogP contribution in [0, 0.1) is 0 Å². The minimum atomic E-state index is -0.874. The van der Waals surface area contributed by atoms with Crippen molar-refractivity contribution in [3.05, 3.63) is 5.53 Å². The summed E-state index contributed by atoms with van der Waals surface area (Å²) in [7, 11) is 0. The lowest BCUT2D eigenvalue weighted by atomic mass is 10.2. The van der Waals surface area contributed by atoms with Gasteiger partial charge in [0.15, 0.2) is 0 Å². The van der Waals surface area contributed by atoms with E-state index >= 15 is 0 Å². The van der Waals surface area contributed by atoms with E-state index in [9.17, 15) is 9.59 Å². The largest absolute Gasteiger partial charge is 0.463 e. The molecule has 0 fully saturated rings. The van der Waals surface area contributed by atoms with Crippen molar-refractivity contribution in [2.75, 3.05) is 19.7 Å². The van der Waals surface area contributed by atoms with Crippen molar-refractivity contribution >= 4 is 17.6 Å². The van der Waals surface area contributed by atoms with E-state index in [0.29, 0.717) is 13.1 Å². The summed E-state index contributed by atoms with van der Waals surface area (Å²) in [6.45, 7) is 7.07. The number of carbonyl (C=O) groups is 2. The fraction of sp³-hybridized carbons (Fsp3) is 0.800. The maximum absolute atomic E-state index is 12.3. The number of hydrogen-bond acceptors (Lipinski definition) is 3. The van der Waals surface area contributed by atoms with Crippen LogP contribution in [0.15, 0.2) is 0 Å².